The van der Waals surface area contributed by atoms with Crippen molar-refractivity contribution in [2.75, 3.05) is 39.3 Å². The van der Waals surface area contributed by atoms with E-state index >= 15 is 0 Å². The van der Waals surface area contributed by atoms with Crippen LogP contribution in [0.1, 0.15) is 25.3 Å². The van der Waals surface area contributed by atoms with Gasteiger partial charge in [0.05, 0.1) is 0 Å². The molecule has 0 unspecified atom stereocenters. The van der Waals surface area contributed by atoms with Crippen LogP contribution in [-0.2, 0) is 0 Å². The Kier molecular flexibility index (Phi) is 6.09. The monoisotopic (exact) mass is 274 g/mol. The van der Waals surface area contributed by atoms with Crippen molar-refractivity contribution in [3.63, 3.8) is 0 Å². The summed E-state index contributed by atoms with van der Waals surface area (Å²) < 4.78 is 5.87. The lowest BCUT2D eigenvalue weighted by Crippen LogP contribution is -2.43. The first kappa shape index (κ1) is 15.1. The summed E-state index contributed by atoms with van der Waals surface area (Å²) in [6.45, 7) is 10.6. The zero-order valence-electron chi connectivity index (χ0n) is 12.6. The molecule has 1 aliphatic rings. The molecular weight excluding hydrogens is 248 g/mol. The molecule has 0 aliphatic carbocycles. The largest absolute Gasteiger partial charge is 0.489 e. The summed E-state index contributed by atoms with van der Waals surface area (Å²) in [5, 5.41) is 3.36. The molecule has 110 valence electrons. The third kappa shape index (κ3) is 4.66. The minimum atomic E-state index is 0.496. The molecule has 1 aromatic rings. The first-order chi connectivity index (χ1) is 9.77. The molecule has 0 atom stereocenters. The second kappa shape index (κ2) is 8.08. The molecule has 0 radical (unpaired) electrons. The molecule has 1 heterocycles. The number of rotatable bonds is 6. The van der Waals surface area contributed by atoms with Gasteiger partial charge in [0.2, 0.25) is 0 Å². The molecule has 0 bridgehead atoms. The molecule has 20 heavy (non-hydrogen) atoms. The van der Waals surface area contributed by atoms with Crippen molar-refractivity contribution in [3.8, 4) is 5.75 Å². The van der Waals surface area contributed by atoms with Crippen LogP contribution in [0.15, 0.2) is 36.4 Å². The van der Waals surface area contributed by atoms with Crippen molar-refractivity contribution < 1.29 is 4.74 Å². The first-order valence-electron chi connectivity index (χ1n) is 7.57. The number of para-hydroxylation sites is 1. The van der Waals surface area contributed by atoms with E-state index < -0.39 is 0 Å². The van der Waals surface area contributed by atoms with Crippen molar-refractivity contribution in [1.82, 2.24) is 10.2 Å². The Morgan fingerprint density at radius 1 is 1.20 bits per heavy atom. The van der Waals surface area contributed by atoms with Gasteiger partial charge in [-0.2, -0.15) is 0 Å². The van der Waals surface area contributed by atoms with Gasteiger partial charge >= 0.3 is 0 Å². The maximum absolute atomic E-state index is 5.87. The molecule has 1 saturated heterocycles. The number of ether oxygens (including phenoxy) is 1. The highest BCUT2D eigenvalue weighted by Gasteiger charge is 2.07. The molecule has 0 amide bonds. The van der Waals surface area contributed by atoms with Crippen molar-refractivity contribution in [2.45, 2.75) is 19.8 Å². The Balaban J connectivity index is 1.75. The molecular formula is C17H26N2O. The Labute approximate surface area is 122 Å². The fourth-order valence-corrected chi connectivity index (χ4v) is 2.41. The average molecular weight is 274 g/mol. The van der Waals surface area contributed by atoms with Crippen LogP contribution >= 0.6 is 0 Å². The number of piperazine rings is 1. The van der Waals surface area contributed by atoms with E-state index in [0.29, 0.717) is 12.5 Å². The minimum Gasteiger partial charge on any atom is -0.489 e. The van der Waals surface area contributed by atoms with Crippen molar-refractivity contribution >= 4 is 0 Å². The van der Waals surface area contributed by atoms with Crippen LogP contribution in [0, 0.1) is 0 Å². The smallest absolute Gasteiger partial charge is 0.123 e. The highest BCUT2D eigenvalue weighted by atomic mass is 16.5. The molecule has 3 heteroatoms. The fraction of sp³-hybridized carbons (Fsp3) is 0.529. The standard InChI is InChI=1S/C17H26N2O/c1-15(2)16-7-3-4-8-17(16)20-14-6-5-11-19-12-9-18-10-13-19/h3-8,15,18H,9-14H2,1-2H3/b6-5+. The zero-order chi connectivity index (χ0) is 14.2. The van der Waals surface area contributed by atoms with Gasteiger partial charge < -0.3 is 10.1 Å². The Hall–Kier alpha value is -1.32. The minimum absolute atomic E-state index is 0.496. The van der Waals surface area contributed by atoms with Gasteiger partial charge in [-0.05, 0) is 17.5 Å². The van der Waals surface area contributed by atoms with Crippen LogP contribution < -0.4 is 10.1 Å². The lowest BCUT2D eigenvalue weighted by atomic mass is 10.0. The predicted molar refractivity (Wildman–Crippen MR) is 84.5 cm³/mol. The number of nitrogens with zero attached hydrogens (tertiary/aromatic N) is 1. The molecule has 0 spiro atoms. The van der Waals surface area contributed by atoms with Gasteiger partial charge in [0, 0.05) is 32.7 Å². The molecule has 1 fully saturated rings. The van der Waals surface area contributed by atoms with Crippen molar-refractivity contribution in [2.24, 2.45) is 0 Å². The Morgan fingerprint density at radius 2 is 1.95 bits per heavy atom. The van der Waals surface area contributed by atoms with E-state index in [2.05, 4.69) is 54.4 Å². The summed E-state index contributed by atoms with van der Waals surface area (Å²) in [5.74, 6) is 1.50. The van der Waals surface area contributed by atoms with Gasteiger partial charge in [0.15, 0.2) is 0 Å². The molecule has 0 saturated carbocycles. The van der Waals surface area contributed by atoms with Gasteiger partial charge in [-0.25, -0.2) is 0 Å². The number of hydrogen-bond acceptors (Lipinski definition) is 3. The normalized spacial score (nSPS) is 16.9. The summed E-state index contributed by atoms with van der Waals surface area (Å²) in [4.78, 5) is 2.45. The van der Waals surface area contributed by atoms with E-state index in [9.17, 15) is 0 Å². The maximum Gasteiger partial charge on any atom is 0.123 e. The predicted octanol–water partition coefficient (Wildman–Crippen LogP) is 2.65. The molecule has 0 aromatic heterocycles. The van der Waals surface area contributed by atoms with E-state index in [-0.39, 0.29) is 0 Å². The summed E-state index contributed by atoms with van der Waals surface area (Å²) >= 11 is 0. The van der Waals surface area contributed by atoms with Crippen LogP contribution in [0.2, 0.25) is 0 Å². The highest BCUT2D eigenvalue weighted by Crippen LogP contribution is 2.25. The van der Waals surface area contributed by atoms with Crippen LogP contribution in [0.5, 0.6) is 5.75 Å². The quantitative estimate of drug-likeness (QED) is 0.807. The van der Waals surface area contributed by atoms with E-state index in [1.165, 1.54) is 5.56 Å². The second-order valence-corrected chi connectivity index (χ2v) is 5.53. The van der Waals surface area contributed by atoms with Gasteiger partial charge in [-0.15, -0.1) is 0 Å². The fourth-order valence-electron chi connectivity index (χ4n) is 2.41. The Morgan fingerprint density at radius 3 is 2.70 bits per heavy atom. The molecule has 1 aromatic carbocycles. The molecule has 3 nitrogen and oxygen atoms in total. The highest BCUT2D eigenvalue weighted by molar-refractivity contribution is 5.35. The van der Waals surface area contributed by atoms with Crippen LogP contribution in [-0.4, -0.2) is 44.2 Å². The lowest BCUT2D eigenvalue weighted by Gasteiger charge is -2.25. The number of nitrogens with one attached hydrogen (secondary N) is 1. The van der Waals surface area contributed by atoms with Crippen LogP contribution in [0.3, 0.4) is 0 Å². The number of hydrogen-bond donors (Lipinski definition) is 1. The first-order valence-corrected chi connectivity index (χ1v) is 7.57. The number of benzene rings is 1. The zero-order valence-corrected chi connectivity index (χ0v) is 12.6. The van der Waals surface area contributed by atoms with E-state index in [0.717, 1.165) is 38.5 Å². The topological polar surface area (TPSA) is 24.5 Å². The van der Waals surface area contributed by atoms with Crippen molar-refractivity contribution in [1.29, 1.82) is 0 Å². The maximum atomic E-state index is 5.87. The summed E-state index contributed by atoms with van der Waals surface area (Å²) in [7, 11) is 0. The van der Waals surface area contributed by atoms with E-state index in [4.69, 9.17) is 4.74 Å². The van der Waals surface area contributed by atoms with Gasteiger partial charge in [0.1, 0.15) is 12.4 Å². The SMILES string of the molecule is CC(C)c1ccccc1OC/C=C/CN1CCNCC1. The van der Waals surface area contributed by atoms with Crippen molar-refractivity contribution in [3.05, 3.63) is 42.0 Å². The lowest BCUT2D eigenvalue weighted by molar-refractivity contribution is 0.264. The van der Waals surface area contributed by atoms with Gasteiger partial charge in [-0.1, -0.05) is 44.2 Å². The Bertz CT molecular complexity index is 423. The molecule has 1 N–H and O–H groups in total. The third-order valence-corrected chi connectivity index (χ3v) is 3.62. The van der Waals surface area contributed by atoms with Crippen LogP contribution in [0.25, 0.3) is 0 Å². The third-order valence-electron chi connectivity index (χ3n) is 3.62. The van der Waals surface area contributed by atoms with Gasteiger partial charge in [-0.3, -0.25) is 4.90 Å². The molecule has 2 rings (SSSR count). The molecule has 1 aliphatic heterocycles. The van der Waals surface area contributed by atoms with Crippen LogP contribution in [0.4, 0.5) is 0 Å². The van der Waals surface area contributed by atoms with Gasteiger partial charge in [0.25, 0.3) is 0 Å². The van der Waals surface area contributed by atoms with E-state index in [1.54, 1.807) is 0 Å². The second-order valence-electron chi connectivity index (χ2n) is 5.53. The van der Waals surface area contributed by atoms with E-state index in [1.807, 2.05) is 6.07 Å². The summed E-state index contributed by atoms with van der Waals surface area (Å²) in [6.07, 6.45) is 4.34. The summed E-state index contributed by atoms with van der Waals surface area (Å²) in [5.41, 5.74) is 1.28. The average Bonchev–Trinajstić information content (AvgIpc) is 2.48. The summed E-state index contributed by atoms with van der Waals surface area (Å²) in [6, 6.07) is 8.30.